The lowest BCUT2D eigenvalue weighted by molar-refractivity contribution is -0.121. The van der Waals surface area contributed by atoms with Gasteiger partial charge in [0, 0.05) is 31.3 Å². The predicted molar refractivity (Wildman–Crippen MR) is 104 cm³/mol. The van der Waals surface area contributed by atoms with Crippen LogP contribution in [0.15, 0.2) is 29.3 Å². The van der Waals surface area contributed by atoms with E-state index in [2.05, 4.69) is 26.3 Å². The summed E-state index contributed by atoms with van der Waals surface area (Å²) in [6, 6.07) is 7.17. The molecule has 8 heteroatoms. The summed E-state index contributed by atoms with van der Waals surface area (Å²) in [5, 5.41) is 11.6. The summed E-state index contributed by atoms with van der Waals surface area (Å²) in [7, 11) is 1.63. The van der Waals surface area contributed by atoms with Crippen molar-refractivity contribution in [1.29, 1.82) is 0 Å². The van der Waals surface area contributed by atoms with Crippen LogP contribution in [-0.2, 0) is 9.59 Å². The summed E-state index contributed by atoms with van der Waals surface area (Å²) >= 11 is 0. The second-order valence-electron chi connectivity index (χ2n) is 6.71. The number of amides is 2. The maximum absolute atomic E-state index is 11.8. The highest BCUT2D eigenvalue weighted by Crippen LogP contribution is 2.16. The van der Waals surface area contributed by atoms with Gasteiger partial charge >= 0.3 is 0 Å². The van der Waals surface area contributed by atoms with Crippen molar-refractivity contribution < 1.29 is 14.3 Å². The van der Waals surface area contributed by atoms with E-state index in [1.807, 2.05) is 32.9 Å². The van der Waals surface area contributed by atoms with Crippen LogP contribution in [0.4, 0.5) is 5.69 Å². The molecule has 0 heterocycles. The van der Waals surface area contributed by atoms with Crippen molar-refractivity contribution in [2.24, 2.45) is 4.99 Å². The Hall–Kier alpha value is -2.77. The molecule has 0 saturated heterocycles. The fourth-order valence-electron chi connectivity index (χ4n) is 2.05. The first kappa shape index (κ1) is 21.3. The van der Waals surface area contributed by atoms with E-state index >= 15 is 0 Å². The van der Waals surface area contributed by atoms with E-state index in [0.29, 0.717) is 30.5 Å². The fourth-order valence-corrected chi connectivity index (χ4v) is 2.05. The minimum atomic E-state index is -0.269. The number of carbonyl (C=O) groups is 2. The molecule has 0 aliphatic rings. The molecule has 4 N–H and O–H groups in total. The molecule has 0 spiro atoms. The summed E-state index contributed by atoms with van der Waals surface area (Å²) in [5.41, 5.74) is 0.417. The molecule has 0 atom stereocenters. The number of anilines is 1. The molecule has 8 nitrogen and oxygen atoms in total. The summed E-state index contributed by atoms with van der Waals surface area (Å²) < 4.78 is 5.64. The number of nitrogens with one attached hydrogen (secondary N) is 4. The second-order valence-corrected chi connectivity index (χ2v) is 6.71. The second kappa shape index (κ2) is 10.3. The number of hydrogen-bond acceptors (Lipinski definition) is 4. The van der Waals surface area contributed by atoms with Crippen molar-refractivity contribution in [1.82, 2.24) is 16.0 Å². The lowest BCUT2D eigenvalue weighted by atomic mass is 10.1. The first-order chi connectivity index (χ1) is 12.2. The van der Waals surface area contributed by atoms with E-state index in [9.17, 15) is 9.59 Å². The van der Waals surface area contributed by atoms with E-state index in [4.69, 9.17) is 4.74 Å². The zero-order chi connectivity index (χ0) is 19.6. The lowest BCUT2D eigenvalue weighted by Gasteiger charge is -2.21. The molecule has 0 bridgehead atoms. The van der Waals surface area contributed by atoms with Gasteiger partial charge in [0.1, 0.15) is 12.4 Å². The highest BCUT2D eigenvalue weighted by molar-refractivity contribution is 5.88. The first-order valence-electron chi connectivity index (χ1n) is 8.45. The third kappa shape index (κ3) is 9.51. The summed E-state index contributed by atoms with van der Waals surface area (Å²) in [5.74, 6) is 0.941. The molecule has 0 aromatic heterocycles. The average Bonchev–Trinajstić information content (AvgIpc) is 2.52. The summed E-state index contributed by atoms with van der Waals surface area (Å²) in [6.45, 7) is 8.28. The topological polar surface area (TPSA) is 104 Å². The van der Waals surface area contributed by atoms with Crippen molar-refractivity contribution >= 4 is 23.5 Å². The predicted octanol–water partition coefficient (Wildman–Crippen LogP) is 1.10. The quantitative estimate of drug-likeness (QED) is 0.330. The minimum Gasteiger partial charge on any atom is -0.492 e. The van der Waals surface area contributed by atoms with E-state index in [1.165, 1.54) is 6.92 Å². The van der Waals surface area contributed by atoms with Crippen LogP contribution in [0.3, 0.4) is 0 Å². The molecule has 0 fully saturated rings. The number of guanidine groups is 1. The molecule has 144 valence electrons. The van der Waals surface area contributed by atoms with Crippen LogP contribution >= 0.6 is 0 Å². The third-order valence-corrected chi connectivity index (χ3v) is 2.97. The van der Waals surface area contributed by atoms with E-state index in [-0.39, 0.29) is 23.9 Å². The van der Waals surface area contributed by atoms with Crippen molar-refractivity contribution in [3.63, 3.8) is 0 Å². The Morgan fingerprint density at radius 3 is 2.54 bits per heavy atom. The number of benzene rings is 1. The third-order valence-electron chi connectivity index (χ3n) is 2.97. The SMILES string of the molecule is CN=C(NCCOc1cccc(NC(C)=O)c1)NCC(=O)NC(C)(C)C. The Kier molecular flexibility index (Phi) is 8.41. The van der Waals surface area contributed by atoms with Crippen LogP contribution in [0.25, 0.3) is 0 Å². The van der Waals surface area contributed by atoms with E-state index in [1.54, 1.807) is 19.2 Å². The molecule has 0 unspecified atom stereocenters. The monoisotopic (exact) mass is 363 g/mol. The van der Waals surface area contributed by atoms with Gasteiger partial charge in [-0.05, 0) is 32.9 Å². The maximum atomic E-state index is 11.8. The molecule has 2 amide bonds. The van der Waals surface area contributed by atoms with Gasteiger partial charge in [-0.1, -0.05) is 6.07 Å². The fraction of sp³-hybridized carbons (Fsp3) is 0.500. The van der Waals surface area contributed by atoms with Gasteiger partial charge < -0.3 is 26.0 Å². The van der Waals surface area contributed by atoms with Crippen molar-refractivity contribution in [2.45, 2.75) is 33.2 Å². The normalized spacial score (nSPS) is 11.5. The Balaban J connectivity index is 2.33. The molecular formula is C18H29N5O3. The van der Waals surface area contributed by atoms with Crippen LogP contribution in [0.5, 0.6) is 5.75 Å². The van der Waals surface area contributed by atoms with Gasteiger partial charge in [0.15, 0.2) is 5.96 Å². The molecule has 26 heavy (non-hydrogen) atoms. The van der Waals surface area contributed by atoms with Gasteiger partial charge in [0.25, 0.3) is 0 Å². The molecule has 1 aromatic rings. The number of hydrogen-bond donors (Lipinski definition) is 4. The zero-order valence-electron chi connectivity index (χ0n) is 16.1. The van der Waals surface area contributed by atoms with Crippen LogP contribution in [-0.4, -0.2) is 50.1 Å². The van der Waals surface area contributed by atoms with Crippen LogP contribution in [0, 0.1) is 0 Å². The maximum Gasteiger partial charge on any atom is 0.239 e. The number of aliphatic imine (C=N–C) groups is 1. The lowest BCUT2D eigenvalue weighted by Crippen LogP contribution is -2.48. The number of carbonyl (C=O) groups excluding carboxylic acids is 2. The summed E-state index contributed by atoms with van der Waals surface area (Å²) in [4.78, 5) is 26.9. The number of ether oxygens (including phenoxy) is 1. The number of rotatable bonds is 7. The van der Waals surface area contributed by atoms with Gasteiger partial charge in [0.05, 0.1) is 13.1 Å². The van der Waals surface area contributed by atoms with Gasteiger partial charge in [-0.3, -0.25) is 14.6 Å². The molecule has 0 saturated carbocycles. The molecular weight excluding hydrogens is 334 g/mol. The molecule has 1 aromatic carbocycles. The van der Waals surface area contributed by atoms with Crippen molar-refractivity contribution in [3.05, 3.63) is 24.3 Å². The standard InChI is InChI=1S/C18H29N5O3/c1-13(24)22-14-7-6-8-15(11-14)26-10-9-20-17(19-5)21-12-16(25)23-18(2,3)4/h6-8,11H,9-10,12H2,1-5H3,(H,22,24)(H,23,25)(H2,19,20,21). The van der Waals surface area contributed by atoms with E-state index in [0.717, 1.165) is 0 Å². The molecule has 0 aliphatic carbocycles. The van der Waals surface area contributed by atoms with Crippen molar-refractivity contribution in [2.75, 3.05) is 32.1 Å². The molecule has 1 rings (SSSR count). The first-order valence-corrected chi connectivity index (χ1v) is 8.45. The smallest absolute Gasteiger partial charge is 0.239 e. The Morgan fingerprint density at radius 1 is 1.19 bits per heavy atom. The van der Waals surface area contributed by atoms with Crippen LogP contribution in [0.1, 0.15) is 27.7 Å². The largest absolute Gasteiger partial charge is 0.492 e. The summed E-state index contributed by atoms with van der Waals surface area (Å²) in [6.07, 6.45) is 0. The Labute approximate surface area is 154 Å². The van der Waals surface area contributed by atoms with Crippen LogP contribution < -0.4 is 26.0 Å². The number of nitrogens with zero attached hydrogens (tertiary/aromatic N) is 1. The van der Waals surface area contributed by atoms with Gasteiger partial charge in [-0.25, -0.2) is 0 Å². The van der Waals surface area contributed by atoms with Gasteiger partial charge in [-0.2, -0.15) is 0 Å². The van der Waals surface area contributed by atoms with Gasteiger partial charge in [0.2, 0.25) is 11.8 Å². The Morgan fingerprint density at radius 2 is 1.92 bits per heavy atom. The van der Waals surface area contributed by atoms with Gasteiger partial charge in [-0.15, -0.1) is 0 Å². The van der Waals surface area contributed by atoms with E-state index < -0.39 is 0 Å². The zero-order valence-corrected chi connectivity index (χ0v) is 16.1. The highest BCUT2D eigenvalue weighted by Gasteiger charge is 2.13. The van der Waals surface area contributed by atoms with Crippen molar-refractivity contribution in [3.8, 4) is 5.75 Å². The highest BCUT2D eigenvalue weighted by atomic mass is 16.5. The Bertz CT molecular complexity index is 638. The minimum absolute atomic E-state index is 0.105. The average molecular weight is 363 g/mol. The molecule has 0 aliphatic heterocycles. The molecule has 0 radical (unpaired) electrons. The van der Waals surface area contributed by atoms with Crippen LogP contribution in [0.2, 0.25) is 0 Å².